The van der Waals surface area contributed by atoms with E-state index >= 15 is 0 Å². The first-order chi connectivity index (χ1) is 7.08. The zero-order valence-corrected chi connectivity index (χ0v) is 9.45. The number of phenols is 1. The van der Waals surface area contributed by atoms with Crippen LogP contribution >= 0.6 is 0 Å². The molecule has 1 unspecified atom stereocenters. The zero-order chi connectivity index (χ0) is 11.4. The van der Waals surface area contributed by atoms with Gasteiger partial charge in [-0.3, -0.25) is 0 Å². The molecule has 0 heterocycles. The maximum Gasteiger partial charge on any atom is 0.161 e. The van der Waals surface area contributed by atoms with Crippen molar-refractivity contribution in [2.24, 2.45) is 0 Å². The van der Waals surface area contributed by atoms with Crippen molar-refractivity contribution in [2.45, 2.75) is 32.8 Å². The number of aryl methyl sites for hydroxylation is 1. The van der Waals surface area contributed by atoms with Crippen molar-refractivity contribution in [1.29, 1.82) is 0 Å². The first kappa shape index (κ1) is 11.9. The van der Waals surface area contributed by atoms with Gasteiger partial charge < -0.3 is 14.9 Å². The lowest BCUT2D eigenvalue weighted by atomic mass is 10.0. The third-order valence-electron chi connectivity index (χ3n) is 2.36. The van der Waals surface area contributed by atoms with Gasteiger partial charge in [-0.25, -0.2) is 0 Å². The van der Waals surface area contributed by atoms with E-state index in [0.717, 1.165) is 17.5 Å². The van der Waals surface area contributed by atoms with E-state index in [0.29, 0.717) is 12.2 Å². The van der Waals surface area contributed by atoms with Gasteiger partial charge in [-0.05, 0) is 25.0 Å². The van der Waals surface area contributed by atoms with Crippen LogP contribution in [0.3, 0.4) is 0 Å². The second kappa shape index (κ2) is 5.03. The Balaban J connectivity index is 3.12. The fourth-order valence-corrected chi connectivity index (χ4v) is 1.56. The summed E-state index contributed by atoms with van der Waals surface area (Å²) in [7, 11) is 1.53. The van der Waals surface area contributed by atoms with Gasteiger partial charge in [-0.15, -0.1) is 0 Å². The summed E-state index contributed by atoms with van der Waals surface area (Å²) in [6.07, 6.45) is 0.854. The molecule has 3 heteroatoms. The number of aromatic hydroxyl groups is 1. The van der Waals surface area contributed by atoms with Gasteiger partial charge >= 0.3 is 0 Å². The molecule has 3 nitrogen and oxygen atoms in total. The molecule has 0 bridgehead atoms. The maximum atomic E-state index is 9.82. The maximum absolute atomic E-state index is 9.82. The highest BCUT2D eigenvalue weighted by Gasteiger charge is 2.11. The molecule has 0 saturated carbocycles. The van der Waals surface area contributed by atoms with Crippen LogP contribution in [-0.4, -0.2) is 23.4 Å². The minimum Gasteiger partial charge on any atom is -0.504 e. The first-order valence-corrected chi connectivity index (χ1v) is 5.15. The number of phenolic OH excluding ortho intramolecular Hbond substituents is 1. The number of rotatable bonds is 4. The number of aliphatic hydroxyl groups excluding tert-OH is 1. The molecule has 0 aliphatic heterocycles. The summed E-state index contributed by atoms with van der Waals surface area (Å²) in [5.41, 5.74) is 1.83. The van der Waals surface area contributed by atoms with Crippen LogP contribution in [0.5, 0.6) is 11.5 Å². The van der Waals surface area contributed by atoms with Crippen molar-refractivity contribution >= 4 is 0 Å². The summed E-state index contributed by atoms with van der Waals surface area (Å²) < 4.78 is 5.08. The van der Waals surface area contributed by atoms with Crippen LogP contribution in [0.1, 0.15) is 25.0 Å². The molecule has 0 fully saturated rings. The number of hydrogen-bond donors (Lipinski definition) is 2. The van der Waals surface area contributed by atoms with Crippen molar-refractivity contribution in [3.8, 4) is 11.5 Å². The standard InChI is InChI=1S/C12H18O3/c1-4-9-6-10(5-8(2)13)12(14)11(7-9)15-3/h6-8,13-14H,4-5H2,1-3H3. The van der Waals surface area contributed by atoms with Crippen LogP contribution in [0.2, 0.25) is 0 Å². The molecule has 0 aliphatic carbocycles. The molecule has 0 saturated heterocycles. The molecule has 15 heavy (non-hydrogen) atoms. The molecular weight excluding hydrogens is 192 g/mol. The Hall–Kier alpha value is -1.22. The number of aliphatic hydroxyl groups is 1. The van der Waals surface area contributed by atoms with E-state index in [2.05, 4.69) is 0 Å². The molecule has 84 valence electrons. The van der Waals surface area contributed by atoms with Gasteiger partial charge in [0, 0.05) is 12.0 Å². The van der Waals surface area contributed by atoms with E-state index in [1.165, 1.54) is 7.11 Å². The fraction of sp³-hybridized carbons (Fsp3) is 0.500. The zero-order valence-electron chi connectivity index (χ0n) is 9.45. The van der Waals surface area contributed by atoms with Crippen LogP contribution in [0.15, 0.2) is 12.1 Å². The van der Waals surface area contributed by atoms with Crippen LogP contribution in [-0.2, 0) is 12.8 Å². The lowest BCUT2D eigenvalue weighted by molar-refractivity contribution is 0.194. The molecule has 0 aromatic heterocycles. The SMILES string of the molecule is CCc1cc(CC(C)O)c(O)c(OC)c1. The van der Waals surface area contributed by atoms with E-state index in [-0.39, 0.29) is 5.75 Å². The van der Waals surface area contributed by atoms with Crippen molar-refractivity contribution in [3.05, 3.63) is 23.3 Å². The molecule has 1 aromatic carbocycles. The Labute approximate surface area is 90.3 Å². The van der Waals surface area contributed by atoms with Gasteiger partial charge in [0.1, 0.15) is 0 Å². The Kier molecular flexibility index (Phi) is 3.97. The normalized spacial score (nSPS) is 12.5. The largest absolute Gasteiger partial charge is 0.504 e. The van der Waals surface area contributed by atoms with Gasteiger partial charge in [0.15, 0.2) is 11.5 Å². The summed E-state index contributed by atoms with van der Waals surface area (Å²) in [5.74, 6) is 0.612. The average Bonchev–Trinajstić information content (AvgIpc) is 2.20. The second-order valence-electron chi connectivity index (χ2n) is 3.71. The lowest BCUT2D eigenvalue weighted by Crippen LogP contribution is -2.05. The minimum absolute atomic E-state index is 0.135. The second-order valence-corrected chi connectivity index (χ2v) is 3.71. The van der Waals surface area contributed by atoms with E-state index in [9.17, 15) is 10.2 Å². The van der Waals surface area contributed by atoms with Crippen molar-refractivity contribution in [2.75, 3.05) is 7.11 Å². The summed E-state index contributed by atoms with van der Waals surface area (Å²) in [6, 6.07) is 3.73. The Bertz CT molecular complexity index is 332. The van der Waals surface area contributed by atoms with E-state index < -0.39 is 6.10 Å². The predicted molar refractivity (Wildman–Crippen MR) is 59.4 cm³/mol. The van der Waals surface area contributed by atoms with E-state index in [4.69, 9.17) is 4.74 Å². The van der Waals surface area contributed by atoms with Gasteiger partial charge in [0.25, 0.3) is 0 Å². The van der Waals surface area contributed by atoms with Crippen LogP contribution in [0, 0.1) is 0 Å². The van der Waals surface area contributed by atoms with Gasteiger partial charge in [-0.1, -0.05) is 13.0 Å². The highest BCUT2D eigenvalue weighted by molar-refractivity contribution is 5.48. The minimum atomic E-state index is -0.465. The molecule has 1 aromatic rings. The van der Waals surface area contributed by atoms with E-state index in [1.807, 2.05) is 19.1 Å². The van der Waals surface area contributed by atoms with Gasteiger partial charge in [0.05, 0.1) is 13.2 Å². The molecule has 0 amide bonds. The van der Waals surface area contributed by atoms with Crippen LogP contribution < -0.4 is 4.74 Å². The first-order valence-electron chi connectivity index (χ1n) is 5.15. The summed E-state index contributed by atoms with van der Waals surface area (Å²) in [6.45, 7) is 3.74. The molecule has 0 aliphatic rings. The van der Waals surface area contributed by atoms with Crippen molar-refractivity contribution < 1.29 is 14.9 Å². The number of benzene rings is 1. The Morgan fingerprint density at radius 1 is 1.40 bits per heavy atom. The van der Waals surface area contributed by atoms with Crippen molar-refractivity contribution in [3.63, 3.8) is 0 Å². The summed E-state index contributed by atoms with van der Waals surface area (Å²) in [4.78, 5) is 0. The lowest BCUT2D eigenvalue weighted by Gasteiger charge is -2.12. The summed E-state index contributed by atoms with van der Waals surface area (Å²) in [5, 5.41) is 19.1. The molecule has 1 atom stereocenters. The molecule has 0 spiro atoms. The Morgan fingerprint density at radius 2 is 2.07 bits per heavy atom. The molecule has 2 N–H and O–H groups in total. The van der Waals surface area contributed by atoms with Gasteiger partial charge in [0.2, 0.25) is 0 Å². The highest BCUT2D eigenvalue weighted by atomic mass is 16.5. The third kappa shape index (κ3) is 2.86. The van der Waals surface area contributed by atoms with E-state index in [1.54, 1.807) is 6.92 Å². The summed E-state index contributed by atoms with van der Waals surface area (Å²) >= 11 is 0. The fourth-order valence-electron chi connectivity index (χ4n) is 1.56. The molecule has 1 rings (SSSR count). The van der Waals surface area contributed by atoms with Gasteiger partial charge in [-0.2, -0.15) is 0 Å². The smallest absolute Gasteiger partial charge is 0.161 e. The quantitative estimate of drug-likeness (QED) is 0.797. The van der Waals surface area contributed by atoms with Crippen LogP contribution in [0.4, 0.5) is 0 Å². The molecule has 0 radical (unpaired) electrons. The molecular formula is C12H18O3. The monoisotopic (exact) mass is 210 g/mol. The van der Waals surface area contributed by atoms with Crippen LogP contribution in [0.25, 0.3) is 0 Å². The number of methoxy groups -OCH3 is 1. The third-order valence-corrected chi connectivity index (χ3v) is 2.36. The topological polar surface area (TPSA) is 49.7 Å². The average molecular weight is 210 g/mol. The Morgan fingerprint density at radius 3 is 2.53 bits per heavy atom. The number of hydrogen-bond acceptors (Lipinski definition) is 3. The predicted octanol–water partition coefficient (Wildman–Crippen LogP) is 1.89. The number of ether oxygens (including phenoxy) is 1. The van der Waals surface area contributed by atoms with Crippen molar-refractivity contribution in [1.82, 2.24) is 0 Å². The highest BCUT2D eigenvalue weighted by Crippen LogP contribution is 2.32.